The zero-order valence-electron chi connectivity index (χ0n) is 17.8. The Labute approximate surface area is 190 Å². The van der Waals surface area contributed by atoms with Gasteiger partial charge in [0.05, 0.1) is 11.8 Å². The third-order valence-corrected chi connectivity index (χ3v) is 7.39. The molecule has 0 aliphatic heterocycles. The molecule has 4 aromatic rings. The molecule has 162 valence electrons. The highest BCUT2D eigenvalue weighted by Gasteiger charge is 2.31. The van der Waals surface area contributed by atoms with Crippen molar-refractivity contribution in [2.45, 2.75) is 49.3 Å². The van der Waals surface area contributed by atoms with Crippen LogP contribution >= 0.6 is 11.8 Å². The Morgan fingerprint density at radius 1 is 1.09 bits per heavy atom. The molecule has 1 atom stereocenters. The molecule has 7 heteroatoms. The SMILES string of the molecule is O=C(CSc1nnc(-c2c[nH]c3ccccc23)n1C1CC1)NC1CCCc2ccccc21. The van der Waals surface area contributed by atoms with Gasteiger partial charge in [0.25, 0.3) is 0 Å². The van der Waals surface area contributed by atoms with E-state index in [1.165, 1.54) is 22.9 Å². The molecule has 2 aliphatic carbocycles. The molecule has 2 aromatic heterocycles. The molecule has 2 heterocycles. The van der Waals surface area contributed by atoms with E-state index in [0.29, 0.717) is 11.8 Å². The number of H-pyrrole nitrogens is 1. The van der Waals surface area contributed by atoms with E-state index < -0.39 is 0 Å². The van der Waals surface area contributed by atoms with Gasteiger partial charge in [-0.3, -0.25) is 9.36 Å². The predicted octanol–water partition coefficient (Wildman–Crippen LogP) is 5.05. The normalized spacial score (nSPS) is 17.9. The van der Waals surface area contributed by atoms with Gasteiger partial charge in [0.2, 0.25) is 5.91 Å². The van der Waals surface area contributed by atoms with E-state index in [9.17, 15) is 4.79 Å². The minimum atomic E-state index is 0.0516. The lowest BCUT2D eigenvalue weighted by atomic mass is 9.88. The number of hydrogen-bond donors (Lipinski definition) is 2. The van der Waals surface area contributed by atoms with Crippen LogP contribution < -0.4 is 5.32 Å². The maximum Gasteiger partial charge on any atom is 0.230 e. The second kappa shape index (κ2) is 8.13. The van der Waals surface area contributed by atoms with Crippen molar-refractivity contribution in [3.05, 3.63) is 65.9 Å². The Hall–Kier alpha value is -3.06. The standard InChI is InChI=1S/C25H25N5OS/c31-23(27-22-11-5-7-16-6-1-2-8-18(16)22)15-32-25-29-28-24(30(25)17-12-13-17)20-14-26-21-10-4-3-9-19(20)21/h1-4,6,8-10,14,17,22,26H,5,7,11-13,15H2,(H,27,31). The lowest BCUT2D eigenvalue weighted by molar-refractivity contribution is -0.119. The number of rotatable bonds is 6. The molecule has 0 spiro atoms. The molecule has 2 N–H and O–H groups in total. The third kappa shape index (κ3) is 3.60. The summed E-state index contributed by atoms with van der Waals surface area (Å²) in [4.78, 5) is 16.1. The molecule has 6 nitrogen and oxygen atoms in total. The highest BCUT2D eigenvalue weighted by atomic mass is 32.2. The molecule has 32 heavy (non-hydrogen) atoms. The smallest absolute Gasteiger partial charge is 0.230 e. The minimum Gasteiger partial charge on any atom is -0.360 e. The number of nitrogens with one attached hydrogen (secondary N) is 2. The number of benzene rings is 2. The van der Waals surface area contributed by atoms with E-state index >= 15 is 0 Å². The summed E-state index contributed by atoms with van der Waals surface area (Å²) in [6.07, 6.45) is 7.47. The number of carbonyl (C=O) groups excluding carboxylic acids is 1. The summed E-state index contributed by atoms with van der Waals surface area (Å²) in [6, 6.07) is 17.2. The van der Waals surface area contributed by atoms with Crippen LogP contribution in [0.4, 0.5) is 0 Å². The van der Waals surface area contributed by atoms with Gasteiger partial charge >= 0.3 is 0 Å². The summed E-state index contributed by atoms with van der Waals surface area (Å²) in [5, 5.41) is 14.2. The van der Waals surface area contributed by atoms with Gasteiger partial charge in [-0.05, 0) is 49.3 Å². The Kier molecular flexibility index (Phi) is 4.98. The molecule has 6 rings (SSSR count). The van der Waals surface area contributed by atoms with Crippen LogP contribution in [0, 0.1) is 0 Å². The van der Waals surface area contributed by atoms with Crippen molar-refractivity contribution in [3.8, 4) is 11.4 Å². The third-order valence-electron chi connectivity index (χ3n) is 6.44. The Morgan fingerprint density at radius 2 is 1.94 bits per heavy atom. The van der Waals surface area contributed by atoms with Crippen LogP contribution in [0.3, 0.4) is 0 Å². The molecular weight excluding hydrogens is 418 g/mol. The first-order valence-electron chi connectivity index (χ1n) is 11.3. The summed E-state index contributed by atoms with van der Waals surface area (Å²) in [5.41, 5.74) is 4.78. The highest BCUT2D eigenvalue weighted by molar-refractivity contribution is 7.99. The minimum absolute atomic E-state index is 0.0516. The van der Waals surface area contributed by atoms with E-state index in [0.717, 1.165) is 59.6 Å². The number of amides is 1. The van der Waals surface area contributed by atoms with Gasteiger partial charge in [-0.1, -0.05) is 54.2 Å². The van der Waals surface area contributed by atoms with Crippen molar-refractivity contribution in [1.29, 1.82) is 0 Å². The van der Waals surface area contributed by atoms with E-state index in [-0.39, 0.29) is 11.9 Å². The summed E-state index contributed by atoms with van der Waals surface area (Å²) in [7, 11) is 0. The maximum atomic E-state index is 12.8. The monoisotopic (exact) mass is 443 g/mol. The number of carbonyl (C=O) groups is 1. The van der Waals surface area contributed by atoms with Crippen molar-refractivity contribution in [1.82, 2.24) is 25.1 Å². The lowest BCUT2D eigenvalue weighted by Gasteiger charge is -2.26. The number of para-hydroxylation sites is 1. The molecule has 0 bridgehead atoms. The van der Waals surface area contributed by atoms with Gasteiger partial charge < -0.3 is 10.3 Å². The number of hydrogen-bond acceptors (Lipinski definition) is 4. The van der Waals surface area contributed by atoms with Crippen molar-refractivity contribution in [3.63, 3.8) is 0 Å². The van der Waals surface area contributed by atoms with Gasteiger partial charge in [-0.25, -0.2) is 0 Å². The summed E-state index contributed by atoms with van der Waals surface area (Å²) in [5.74, 6) is 1.28. The van der Waals surface area contributed by atoms with E-state index in [1.54, 1.807) is 0 Å². The van der Waals surface area contributed by atoms with Gasteiger partial charge in [0.1, 0.15) is 0 Å². The first-order chi connectivity index (χ1) is 15.8. The molecule has 1 saturated carbocycles. The number of aromatic nitrogens is 4. The number of nitrogens with zero attached hydrogens (tertiary/aromatic N) is 3. The first-order valence-corrected chi connectivity index (χ1v) is 12.3. The second-order valence-electron chi connectivity index (χ2n) is 8.66. The fraction of sp³-hybridized carbons (Fsp3) is 0.320. The van der Waals surface area contributed by atoms with Gasteiger partial charge in [0, 0.05) is 28.7 Å². The van der Waals surface area contributed by atoms with E-state index in [4.69, 9.17) is 0 Å². The van der Waals surface area contributed by atoms with Gasteiger partial charge in [-0.2, -0.15) is 0 Å². The van der Waals surface area contributed by atoms with Crippen LogP contribution in [0.2, 0.25) is 0 Å². The molecule has 1 amide bonds. The van der Waals surface area contributed by atoms with Crippen LogP contribution in [0.5, 0.6) is 0 Å². The van der Waals surface area contributed by atoms with Crippen molar-refractivity contribution in [2.75, 3.05) is 5.75 Å². The van der Waals surface area contributed by atoms with Crippen molar-refractivity contribution >= 4 is 28.6 Å². The van der Waals surface area contributed by atoms with Crippen LogP contribution in [0.25, 0.3) is 22.3 Å². The average Bonchev–Trinajstić information content (AvgIpc) is 3.43. The van der Waals surface area contributed by atoms with Crippen molar-refractivity contribution in [2.24, 2.45) is 0 Å². The number of fused-ring (bicyclic) bond motifs is 2. The van der Waals surface area contributed by atoms with E-state index in [1.807, 2.05) is 18.3 Å². The average molecular weight is 444 g/mol. The molecule has 1 unspecified atom stereocenters. The Bertz CT molecular complexity index is 1290. The predicted molar refractivity (Wildman–Crippen MR) is 127 cm³/mol. The molecule has 1 fully saturated rings. The first kappa shape index (κ1) is 19.6. The number of aromatic amines is 1. The second-order valence-corrected chi connectivity index (χ2v) is 9.60. The zero-order chi connectivity index (χ0) is 21.5. The molecular formula is C25H25N5OS. The van der Waals surface area contributed by atoms with E-state index in [2.05, 4.69) is 61.5 Å². The van der Waals surface area contributed by atoms with Crippen molar-refractivity contribution < 1.29 is 4.79 Å². The highest BCUT2D eigenvalue weighted by Crippen LogP contribution is 2.42. The van der Waals surface area contributed by atoms with Crippen LogP contribution in [-0.4, -0.2) is 31.4 Å². The number of thioether (sulfide) groups is 1. The molecule has 0 radical (unpaired) electrons. The topological polar surface area (TPSA) is 75.6 Å². The maximum absolute atomic E-state index is 12.8. The fourth-order valence-electron chi connectivity index (χ4n) is 4.75. The quantitative estimate of drug-likeness (QED) is 0.409. The Morgan fingerprint density at radius 3 is 2.84 bits per heavy atom. The number of aryl methyl sites for hydroxylation is 1. The largest absolute Gasteiger partial charge is 0.360 e. The summed E-state index contributed by atoms with van der Waals surface area (Å²) in [6.45, 7) is 0. The van der Waals surface area contributed by atoms with Gasteiger partial charge in [0.15, 0.2) is 11.0 Å². The van der Waals surface area contributed by atoms with Crippen LogP contribution in [0.1, 0.15) is 48.9 Å². The molecule has 0 saturated heterocycles. The Balaban J connectivity index is 1.20. The fourth-order valence-corrected chi connectivity index (χ4v) is 5.56. The summed E-state index contributed by atoms with van der Waals surface area (Å²) >= 11 is 1.48. The molecule has 2 aromatic carbocycles. The zero-order valence-corrected chi connectivity index (χ0v) is 18.6. The summed E-state index contributed by atoms with van der Waals surface area (Å²) < 4.78 is 2.23. The molecule has 2 aliphatic rings. The lowest BCUT2D eigenvalue weighted by Crippen LogP contribution is -2.32. The van der Waals surface area contributed by atoms with Gasteiger partial charge in [-0.15, -0.1) is 10.2 Å². The van der Waals surface area contributed by atoms with Crippen LogP contribution in [0.15, 0.2) is 59.9 Å². The van der Waals surface area contributed by atoms with Crippen LogP contribution in [-0.2, 0) is 11.2 Å².